The molecule has 0 N–H and O–H groups in total. The molecular formula is C18H22N2O4S. The van der Waals surface area contributed by atoms with Crippen molar-refractivity contribution in [3.05, 3.63) is 29.3 Å². The van der Waals surface area contributed by atoms with Gasteiger partial charge in [-0.05, 0) is 25.1 Å². The first-order valence-electron chi connectivity index (χ1n) is 8.17. The van der Waals surface area contributed by atoms with Crippen LogP contribution in [0.5, 0.6) is 11.5 Å². The van der Waals surface area contributed by atoms with Gasteiger partial charge in [0.15, 0.2) is 11.5 Å². The lowest BCUT2D eigenvalue weighted by Crippen LogP contribution is -2.45. The van der Waals surface area contributed by atoms with Crippen LogP contribution in [-0.4, -0.2) is 55.8 Å². The van der Waals surface area contributed by atoms with Crippen molar-refractivity contribution in [2.24, 2.45) is 0 Å². The second kappa shape index (κ2) is 7.84. The van der Waals surface area contributed by atoms with E-state index in [1.807, 2.05) is 35.4 Å². The van der Waals surface area contributed by atoms with Gasteiger partial charge in [-0.3, -0.25) is 4.79 Å². The molecule has 7 heteroatoms. The summed E-state index contributed by atoms with van der Waals surface area (Å²) in [5.74, 6) is 1.44. The molecule has 1 unspecified atom stereocenters. The van der Waals surface area contributed by atoms with E-state index in [4.69, 9.17) is 14.2 Å². The third-order valence-corrected chi connectivity index (χ3v) is 5.05. The minimum Gasteiger partial charge on any atom is -0.493 e. The molecule has 1 aliphatic rings. The van der Waals surface area contributed by atoms with Gasteiger partial charge < -0.3 is 19.1 Å². The summed E-state index contributed by atoms with van der Waals surface area (Å²) in [7, 11) is 3.22. The number of aromatic nitrogens is 1. The summed E-state index contributed by atoms with van der Waals surface area (Å²) in [6.07, 6.45) is 0.409. The van der Waals surface area contributed by atoms with Crippen molar-refractivity contribution in [2.45, 2.75) is 19.4 Å². The van der Waals surface area contributed by atoms with Crippen LogP contribution in [0.3, 0.4) is 0 Å². The zero-order valence-corrected chi connectivity index (χ0v) is 15.5. The molecule has 1 aromatic heterocycles. The Morgan fingerprint density at radius 2 is 2.16 bits per heavy atom. The van der Waals surface area contributed by atoms with Crippen LogP contribution >= 0.6 is 11.3 Å². The lowest BCUT2D eigenvalue weighted by atomic mass is 10.2. The van der Waals surface area contributed by atoms with E-state index < -0.39 is 0 Å². The monoisotopic (exact) mass is 362 g/mol. The van der Waals surface area contributed by atoms with Gasteiger partial charge >= 0.3 is 0 Å². The Kier molecular flexibility index (Phi) is 5.55. The van der Waals surface area contributed by atoms with Crippen LogP contribution in [0.1, 0.15) is 12.6 Å². The first-order valence-corrected chi connectivity index (χ1v) is 9.05. The number of hydrogen-bond donors (Lipinski definition) is 0. The van der Waals surface area contributed by atoms with E-state index in [1.165, 1.54) is 11.3 Å². The van der Waals surface area contributed by atoms with E-state index in [-0.39, 0.29) is 12.0 Å². The maximum atomic E-state index is 12.4. The number of hydrogen-bond acceptors (Lipinski definition) is 6. The molecule has 1 amide bonds. The second-order valence-corrected chi connectivity index (χ2v) is 6.77. The number of morpholine rings is 1. The number of rotatable bonds is 5. The minimum absolute atomic E-state index is 0.0930. The maximum absolute atomic E-state index is 12.4. The molecule has 0 bridgehead atoms. The van der Waals surface area contributed by atoms with E-state index in [2.05, 4.69) is 4.98 Å². The molecule has 1 fully saturated rings. The molecule has 0 radical (unpaired) electrons. The van der Waals surface area contributed by atoms with Gasteiger partial charge in [-0.2, -0.15) is 0 Å². The molecule has 6 nitrogen and oxygen atoms in total. The van der Waals surface area contributed by atoms with Gasteiger partial charge in [-0.1, -0.05) is 0 Å². The van der Waals surface area contributed by atoms with Crippen molar-refractivity contribution in [1.82, 2.24) is 9.88 Å². The molecule has 134 valence electrons. The Labute approximate surface area is 151 Å². The summed E-state index contributed by atoms with van der Waals surface area (Å²) in [5.41, 5.74) is 1.74. The van der Waals surface area contributed by atoms with Gasteiger partial charge in [0, 0.05) is 24.0 Å². The van der Waals surface area contributed by atoms with Crippen LogP contribution in [0, 0.1) is 0 Å². The molecule has 0 saturated carbocycles. The smallest absolute Gasteiger partial charge is 0.228 e. The average molecular weight is 362 g/mol. The number of carbonyl (C=O) groups is 1. The Morgan fingerprint density at radius 1 is 1.36 bits per heavy atom. The number of carbonyl (C=O) groups excluding carboxylic acids is 1. The lowest BCUT2D eigenvalue weighted by molar-refractivity contribution is -0.137. The standard InChI is InChI=1S/C18H22N2O4S/c1-12-10-20(6-7-24-12)17(21)9-14-11-25-18(19-14)13-4-5-15(22-2)16(8-13)23-3/h4-5,8,11-12H,6-7,9-10H2,1-3H3. The summed E-state index contributed by atoms with van der Waals surface area (Å²) < 4.78 is 16.1. The van der Waals surface area contributed by atoms with Crippen LogP contribution in [0.4, 0.5) is 0 Å². The fraction of sp³-hybridized carbons (Fsp3) is 0.444. The van der Waals surface area contributed by atoms with Gasteiger partial charge in [-0.15, -0.1) is 11.3 Å². The summed E-state index contributed by atoms with van der Waals surface area (Å²) in [6, 6.07) is 5.69. The molecule has 1 saturated heterocycles. The van der Waals surface area contributed by atoms with Crippen molar-refractivity contribution in [2.75, 3.05) is 33.9 Å². The van der Waals surface area contributed by atoms with Crippen LogP contribution in [0.25, 0.3) is 10.6 Å². The van der Waals surface area contributed by atoms with Crippen LogP contribution in [0.15, 0.2) is 23.6 Å². The third kappa shape index (κ3) is 4.11. The highest BCUT2D eigenvalue weighted by molar-refractivity contribution is 7.13. The molecule has 0 aliphatic carbocycles. The highest BCUT2D eigenvalue weighted by Crippen LogP contribution is 2.33. The molecule has 2 heterocycles. The van der Waals surface area contributed by atoms with E-state index in [9.17, 15) is 4.79 Å². The topological polar surface area (TPSA) is 60.9 Å². The zero-order valence-electron chi connectivity index (χ0n) is 14.7. The fourth-order valence-corrected chi connectivity index (χ4v) is 3.62. The van der Waals surface area contributed by atoms with Crippen LogP contribution in [0.2, 0.25) is 0 Å². The molecule has 3 rings (SSSR count). The Balaban J connectivity index is 1.71. The van der Waals surface area contributed by atoms with Gasteiger partial charge in [0.25, 0.3) is 0 Å². The predicted molar refractivity (Wildman–Crippen MR) is 96.4 cm³/mol. The Morgan fingerprint density at radius 3 is 2.88 bits per heavy atom. The van der Waals surface area contributed by atoms with Crippen LogP contribution < -0.4 is 9.47 Å². The van der Waals surface area contributed by atoms with Crippen molar-refractivity contribution in [3.63, 3.8) is 0 Å². The first-order chi connectivity index (χ1) is 12.1. The second-order valence-electron chi connectivity index (χ2n) is 5.91. The van der Waals surface area contributed by atoms with E-state index in [0.29, 0.717) is 37.6 Å². The first kappa shape index (κ1) is 17.7. The highest BCUT2D eigenvalue weighted by Gasteiger charge is 2.22. The Hall–Kier alpha value is -2.12. The number of amides is 1. The van der Waals surface area contributed by atoms with E-state index in [0.717, 1.165) is 16.3 Å². The van der Waals surface area contributed by atoms with Crippen molar-refractivity contribution >= 4 is 17.2 Å². The summed E-state index contributed by atoms with van der Waals surface area (Å²) in [6.45, 7) is 3.87. The van der Waals surface area contributed by atoms with E-state index >= 15 is 0 Å². The minimum atomic E-state index is 0.0930. The number of methoxy groups -OCH3 is 2. The van der Waals surface area contributed by atoms with Gasteiger partial charge in [0.2, 0.25) is 5.91 Å². The van der Waals surface area contributed by atoms with Crippen molar-refractivity contribution < 1.29 is 19.0 Å². The van der Waals surface area contributed by atoms with Gasteiger partial charge in [0.05, 0.1) is 39.0 Å². The molecular weight excluding hydrogens is 340 g/mol. The summed E-state index contributed by atoms with van der Waals surface area (Å²) >= 11 is 1.52. The van der Waals surface area contributed by atoms with Crippen molar-refractivity contribution in [3.8, 4) is 22.1 Å². The van der Waals surface area contributed by atoms with Gasteiger partial charge in [0.1, 0.15) is 5.01 Å². The lowest BCUT2D eigenvalue weighted by Gasteiger charge is -2.31. The number of thiazole rings is 1. The molecule has 2 aromatic rings. The largest absolute Gasteiger partial charge is 0.493 e. The quantitative estimate of drug-likeness (QED) is 0.818. The highest BCUT2D eigenvalue weighted by atomic mass is 32.1. The third-order valence-electron chi connectivity index (χ3n) is 4.11. The molecule has 1 aliphatic heterocycles. The zero-order chi connectivity index (χ0) is 17.8. The predicted octanol–water partition coefficient (Wildman–Crippen LogP) is 2.62. The maximum Gasteiger partial charge on any atom is 0.228 e. The molecule has 1 aromatic carbocycles. The van der Waals surface area contributed by atoms with Crippen LogP contribution in [-0.2, 0) is 16.0 Å². The molecule has 1 atom stereocenters. The normalized spacial score (nSPS) is 17.4. The summed E-state index contributed by atoms with van der Waals surface area (Å²) in [4.78, 5) is 18.9. The number of benzene rings is 1. The number of nitrogens with zero attached hydrogens (tertiary/aromatic N) is 2. The van der Waals surface area contributed by atoms with Gasteiger partial charge in [-0.25, -0.2) is 4.98 Å². The average Bonchev–Trinajstić information content (AvgIpc) is 3.09. The Bertz CT molecular complexity index is 746. The fourth-order valence-electron chi connectivity index (χ4n) is 2.80. The SMILES string of the molecule is COc1ccc(-c2nc(CC(=O)N3CCOC(C)C3)cs2)cc1OC. The molecule has 25 heavy (non-hydrogen) atoms. The van der Waals surface area contributed by atoms with E-state index in [1.54, 1.807) is 14.2 Å². The molecule has 0 spiro atoms. The summed E-state index contributed by atoms with van der Waals surface area (Å²) in [5, 5.41) is 2.80. The van der Waals surface area contributed by atoms with Crippen molar-refractivity contribution in [1.29, 1.82) is 0 Å². The number of ether oxygens (including phenoxy) is 3.